The van der Waals surface area contributed by atoms with Gasteiger partial charge < -0.3 is 10.2 Å². The Bertz CT molecular complexity index is 543. The van der Waals surface area contributed by atoms with Crippen LogP contribution in [-0.4, -0.2) is 35.8 Å². The van der Waals surface area contributed by atoms with Gasteiger partial charge in [-0.3, -0.25) is 9.59 Å². The van der Waals surface area contributed by atoms with Gasteiger partial charge in [-0.05, 0) is 44.2 Å². The average molecular weight is 286 g/mol. The van der Waals surface area contributed by atoms with Crippen LogP contribution in [0.25, 0.3) is 0 Å². The van der Waals surface area contributed by atoms with Crippen molar-refractivity contribution in [2.75, 3.05) is 13.1 Å². The zero-order chi connectivity index (χ0) is 14.8. The van der Waals surface area contributed by atoms with E-state index < -0.39 is 0 Å². The Morgan fingerprint density at radius 1 is 1.10 bits per heavy atom. The number of piperidine rings is 1. The topological polar surface area (TPSA) is 49.4 Å². The third-order valence-corrected chi connectivity index (χ3v) is 4.45. The number of hydrogen-bond donors (Lipinski definition) is 1. The number of hydrogen-bond acceptors (Lipinski definition) is 2. The van der Waals surface area contributed by atoms with E-state index in [2.05, 4.69) is 5.32 Å². The molecule has 1 heterocycles. The second kappa shape index (κ2) is 5.88. The Morgan fingerprint density at radius 3 is 2.38 bits per heavy atom. The predicted octanol–water partition coefficient (Wildman–Crippen LogP) is 2.13. The van der Waals surface area contributed by atoms with Crippen molar-refractivity contribution in [2.24, 2.45) is 5.92 Å². The predicted molar refractivity (Wildman–Crippen MR) is 81.0 cm³/mol. The lowest BCUT2D eigenvalue weighted by Crippen LogP contribution is -2.47. The van der Waals surface area contributed by atoms with E-state index in [-0.39, 0.29) is 23.8 Å². The number of nitrogens with one attached hydrogen (secondary N) is 1. The minimum Gasteiger partial charge on any atom is -0.353 e. The maximum absolute atomic E-state index is 12.5. The number of nitrogens with zero attached hydrogens (tertiary/aromatic N) is 1. The van der Waals surface area contributed by atoms with Crippen molar-refractivity contribution in [2.45, 2.75) is 38.6 Å². The Morgan fingerprint density at radius 2 is 1.76 bits per heavy atom. The third-order valence-electron chi connectivity index (χ3n) is 4.45. The van der Waals surface area contributed by atoms with Gasteiger partial charge in [0.2, 0.25) is 5.91 Å². The van der Waals surface area contributed by atoms with E-state index in [1.54, 1.807) is 0 Å². The van der Waals surface area contributed by atoms with Crippen molar-refractivity contribution in [1.82, 2.24) is 10.2 Å². The molecule has 21 heavy (non-hydrogen) atoms. The smallest absolute Gasteiger partial charge is 0.254 e. The van der Waals surface area contributed by atoms with E-state index in [0.29, 0.717) is 0 Å². The molecule has 0 spiro atoms. The molecule has 4 heteroatoms. The lowest BCUT2D eigenvalue weighted by atomic mass is 10.0. The first kappa shape index (κ1) is 14.1. The van der Waals surface area contributed by atoms with Gasteiger partial charge in [-0.25, -0.2) is 0 Å². The number of likely N-dealkylation sites (tertiary alicyclic amines) is 1. The first-order chi connectivity index (χ1) is 10.1. The summed E-state index contributed by atoms with van der Waals surface area (Å²) in [6.07, 6.45) is 3.79. The molecule has 1 aliphatic heterocycles. The van der Waals surface area contributed by atoms with Gasteiger partial charge in [0.05, 0.1) is 0 Å². The highest BCUT2D eigenvalue weighted by Crippen LogP contribution is 2.29. The molecule has 3 rings (SSSR count). The molecule has 0 bridgehead atoms. The normalized spacial score (nSPS) is 19.4. The highest BCUT2D eigenvalue weighted by atomic mass is 16.2. The van der Waals surface area contributed by atoms with E-state index in [9.17, 15) is 9.59 Å². The standard InChI is InChI=1S/C17H22N2O2/c1-12-4-2-3-5-15(12)17(21)19-10-8-14(9-11-19)18-16(20)13-6-7-13/h2-5,13-14H,6-11H2,1H3,(H,18,20). The van der Waals surface area contributed by atoms with Crippen molar-refractivity contribution >= 4 is 11.8 Å². The molecular weight excluding hydrogens is 264 g/mol. The van der Waals surface area contributed by atoms with Gasteiger partial charge in [0.15, 0.2) is 0 Å². The third kappa shape index (κ3) is 3.26. The summed E-state index contributed by atoms with van der Waals surface area (Å²) in [5.74, 6) is 0.579. The minimum atomic E-state index is 0.111. The lowest BCUT2D eigenvalue weighted by Gasteiger charge is -2.32. The van der Waals surface area contributed by atoms with Crippen LogP contribution in [0.15, 0.2) is 24.3 Å². The van der Waals surface area contributed by atoms with Crippen molar-refractivity contribution in [1.29, 1.82) is 0 Å². The maximum Gasteiger partial charge on any atom is 0.254 e. The second-order valence-corrected chi connectivity index (χ2v) is 6.16. The van der Waals surface area contributed by atoms with Gasteiger partial charge in [-0.1, -0.05) is 18.2 Å². The van der Waals surface area contributed by atoms with Crippen LogP contribution in [0.1, 0.15) is 41.6 Å². The van der Waals surface area contributed by atoms with Crippen molar-refractivity contribution in [3.63, 3.8) is 0 Å². The maximum atomic E-state index is 12.5. The van der Waals surface area contributed by atoms with Gasteiger partial charge in [0.1, 0.15) is 0 Å². The fraction of sp³-hybridized carbons (Fsp3) is 0.529. The summed E-state index contributed by atoms with van der Waals surface area (Å²) in [6, 6.07) is 7.95. The van der Waals surface area contributed by atoms with E-state index in [1.165, 1.54) is 0 Å². The molecule has 0 atom stereocenters. The van der Waals surface area contributed by atoms with Gasteiger partial charge >= 0.3 is 0 Å². The van der Waals surface area contributed by atoms with Crippen LogP contribution < -0.4 is 5.32 Å². The second-order valence-electron chi connectivity index (χ2n) is 6.16. The van der Waals surface area contributed by atoms with E-state index in [1.807, 2.05) is 36.1 Å². The minimum absolute atomic E-state index is 0.111. The molecule has 1 N–H and O–H groups in total. The monoisotopic (exact) mass is 286 g/mol. The number of amides is 2. The number of benzene rings is 1. The number of carbonyl (C=O) groups is 2. The summed E-state index contributed by atoms with van der Waals surface area (Å²) in [7, 11) is 0. The molecule has 0 aromatic heterocycles. The van der Waals surface area contributed by atoms with E-state index >= 15 is 0 Å². The van der Waals surface area contributed by atoms with Crippen LogP contribution in [0.4, 0.5) is 0 Å². The Kier molecular flexibility index (Phi) is 3.95. The first-order valence-corrected chi connectivity index (χ1v) is 7.80. The summed E-state index contributed by atoms with van der Waals surface area (Å²) in [6.45, 7) is 3.42. The summed E-state index contributed by atoms with van der Waals surface area (Å²) in [5, 5.41) is 3.11. The van der Waals surface area contributed by atoms with Crippen LogP contribution in [0.3, 0.4) is 0 Å². The number of rotatable bonds is 3. The zero-order valence-corrected chi connectivity index (χ0v) is 12.5. The molecule has 0 radical (unpaired) electrons. The summed E-state index contributed by atoms with van der Waals surface area (Å²) in [4.78, 5) is 26.2. The zero-order valence-electron chi connectivity index (χ0n) is 12.5. The SMILES string of the molecule is Cc1ccccc1C(=O)N1CCC(NC(=O)C2CC2)CC1. The molecule has 2 amide bonds. The Labute approximate surface area is 125 Å². The van der Waals surface area contributed by atoms with Gasteiger partial charge in [-0.2, -0.15) is 0 Å². The van der Waals surface area contributed by atoms with Crippen LogP contribution in [0, 0.1) is 12.8 Å². The van der Waals surface area contributed by atoms with Crippen LogP contribution in [0.5, 0.6) is 0 Å². The molecule has 1 aliphatic carbocycles. The number of carbonyl (C=O) groups excluding carboxylic acids is 2. The molecule has 0 unspecified atom stereocenters. The van der Waals surface area contributed by atoms with Crippen LogP contribution in [-0.2, 0) is 4.79 Å². The Hall–Kier alpha value is -1.84. The van der Waals surface area contributed by atoms with E-state index in [4.69, 9.17) is 0 Å². The quantitative estimate of drug-likeness (QED) is 0.925. The fourth-order valence-corrected chi connectivity index (χ4v) is 2.87. The van der Waals surface area contributed by atoms with Crippen molar-refractivity contribution < 1.29 is 9.59 Å². The van der Waals surface area contributed by atoms with Crippen molar-refractivity contribution in [3.05, 3.63) is 35.4 Å². The molecule has 1 saturated heterocycles. The summed E-state index contributed by atoms with van der Waals surface area (Å²) in [5.41, 5.74) is 1.81. The largest absolute Gasteiger partial charge is 0.353 e. The van der Waals surface area contributed by atoms with Crippen LogP contribution in [0.2, 0.25) is 0 Å². The molecule has 112 valence electrons. The van der Waals surface area contributed by atoms with E-state index in [0.717, 1.165) is 49.9 Å². The molecule has 1 aromatic carbocycles. The highest BCUT2D eigenvalue weighted by Gasteiger charge is 2.32. The average Bonchev–Trinajstić information content (AvgIpc) is 3.32. The molecule has 1 aromatic rings. The van der Waals surface area contributed by atoms with Gasteiger partial charge in [-0.15, -0.1) is 0 Å². The Balaban J connectivity index is 1.54. The molecule has 2 fully saturated rings. The van der Waals surface area contributed by atoms with Crippen LogP contribution >= 0.6 is 0 Å². The van der Waals surface area contributed by atoms with Gasteiger partial charge in [0.25, 0.3) is 5.91 Å². The number of aryl methyl sites for hydroxylation is 1. The lowest BCUT2D eigenvalue weighted by molar-refractivity contribution is -0.123. The summed E-state index contributed by atoms with van der Waals surface area (Å²) < 4.78 is 0. The molecule has 1 saturated carbocycles. The van der Waals surface area contributed by atoms with Crippen molar-refractivity contribution in [3.8, 4) is 0 Å². The first-order valence-electron chi connectivity index (χ1n) is 7.80. The highest BCUT2D eigenvalue weighted by molar-refractivity contribution is 5.95. The molecular formula is C17H22N2O2. The molecule has 4 nitrogen and oxygen atoms in total. The van der Waals surface area contributed by atoms with Gasteiger partial charge in [0, 0.05) is 30.6 Å². The summed E-state index contributed by atoms with van der Waals surface area (Å²) >= 11 is 0. The fourth-order valence-electron chi connectivity index (χ4n) is 2.87. The molecule has 2 aliphatic rings.